The Labute approximate surface area is 121 Å². The number of likely N-dealkylation sites (N-methyl/N-ethyl adjacent to an activating group) is 1. The van der Waals surface area contributed by atoms with Gasteiger partial charge in [-0.05, 0) is 24.6 Å². The summed E-state index contributed by atoms with van der Waals surface area (Å²) in [6.45, 7) is 0. The van der Waals surface area contributed by atoms with Crippen LogP contribution in [0.25, 0.3) is 0 Å². The molecule has 2 amide bonds. The van der Waals surface area contributed by atoms with Crippen molar-refractivity contribution >= 4 is 27.5 Å². The second-order valence-corrected chi connectivity index (χ2v) is 6.44. The number of anilines is 1. The molecule has 4 N–H and O–H groups in total. The number of nitrogen functional groups attached to an aromatic ring is 1. The van der Waals surface area contributed by atoms with Gasteiger partial charge in [0.05, 0.1) is 10.6 Å². The van der Waals surface area contributed by atoms with Gasteiger partial charge in [-0.2, -0.15) is 4.72 Å². The number of nitrogens with two attached hydrogens (primary N) is 1. The number of likely N-dealkylation sites (tertiary alicyclic amines) is 1. The SMILES string of the molecule is CN1C(=O)CCC(NS(=O)(=O)c2ccc(O)c(N)c2)C1=O. The van der Waals surface area contributed by atoms with Crippen LogP contribution in [-0.2, 0) is 19.6 Å². The molecule has 1 saturated heterocycles. The Kier molecular flexibility index (Phi) is 3.88. The minimum atomic E-state index is -3.97. The molecule has 0 bridgehead atoms. The lowest BCUT2D eigenvalue weighted by Gasteiger charge is -2.28. The topological polar surface area (TPSA) is 130 Å². The van der Waals surface area contributed by atoms with Crippen molar-refractivity contribution in [3.05, 3.63) is 18.2 Å². The number of imide groups is 1. The van der Waals surface area contributed by atoms with Crippen molar-refractivity contribution in [3.8, 4) is 5.75 Å². The maximum Gasteiger partial charge on any atom is 0.247 e. The summed E-state index contributed by atoms with van der Waals surface area (Å²) in [6, 6.07) is 2.44. The number of piperidine rings is 1. The van der Waals surface area contributed by atoms with E-state index in [2.05, 4.69) is 4.72 Å². The number of carbonyl (C=O) groups is 2. The van der Waals surface area contributed by atoms with Gasteiger partial charge in [0.15, 0.2) is 0 Å². The molecule has 1 aliphatic heterocycles. The molecule has 1 fully saturated rings. The number of carbonyl (C=O) groups excluding carboxylic acids is 2. The minimum absolute atomic E-state index is 0.0832. The van der Waals surface area contributed by atoms with Gasteiger partial charge in [-0.15, -0.1) is 0 Å². The molecule has 0 radical (unpaired) electrons. The maximum absolute atomic E-state index is 12.2. The molecule has 1 aromatic carbocycles. The molecule has 8 nitrogen and oxygen atoms in total. The van der Waals surface area contributed by atoms with E-state index in [-0.39, 0.29) is 35.1 Å². The molecule has 1 unspecified atom stereocenters. The van der Waals surface area contributed by atoms with E-state index >= 15 is 0 Å². The molecular weight excluding hydrogens is 298 g/mol. The quantitative estimate of drug-likeness (QED) is 0.388. The van der Waals surface area contributed by atoms with Crippen LogP contribution in [0.3, 0.4) is 0 Å². The zero-order valence-corrected chi connectivity index (χ0v) is 12.1. The number of sulfonamides is 1. The summed E-state index contributed by atoms with van der Waals surface area (Å²) in [4.78, 5) is 24.0. The summed E-state index contributed by atoms with van der Waals surface area (Å²) in [5.74, 6) is -1.17. The van der Waals surface area contributed by atoms with Gasteiger partial charge in [0.2, 0.25) is 21.8 Å². The fraction of sp³-hybridized carbons (Fsp3) is 0.333. The van der Waals surface area contributed by atoms with Crippen molar-refractivity contribution in [3.63, 3.8) is 0 Å². The first-order valence-corrected chi connectivity index (χ1v) is 7.62. The van der Waals surface area contributed by atoms with Gasteiger partial charge < -0.3 is 10.8 Å². The number of aromatic hydroxyl groups is 1. The molecule has 1 atom stereocenters. The second-order valence-electron chi connectivity index (χ2n) is 4.72. The summed E-state index contributed by atoms with van der Waals surface area (Å²) in [5.41, 5.74) is 5.37. The van der Waals surface area contributed by atoms with Gasteiger partial charge in [-0.1, -0.05) is 0 Å². The smallest absolute Gasteiger partial charge is 0.247 e. The Balaban J connectivity index is 2.23. The third-order valence-corrected chi connectivity index (χ3v) is 4.73. The van der Waals surface area contributed by atoms with Gasteiger partial charge in [0.1, 0.15) is 11.8 Å². The van der Waals surface area contributed by atoms with Gasteiger partial charge in [0, 0.05) is 13.5 Å². The number of benzene rings is 1. The van der Waals surface area contributed by atoms with Crippen LogP contribution in [0.5, 0.6) is 5.75 Å². The highest BCUT2D eigenvalue weighted by molar-refractivity contribution is 7.89. The summed E-state index contributed by atoms with van der Waals surface area (Å²) in [7, 11) is -2.66. The van der Waals surface area contributed by atoms with E-state index in [1.807, 2.05) is 0 Å². The third-order valence-electron chi connectivity index (χ3n) is 3.26. The first kappa shape index (κ1) is 15.3. The Hall–Kier alpha value is -2.13. The highest BCUT2D eigenvalue weighted by atomic mass is 32.2. The van der Waals surface area contributed by atoms with Crippen LogP contribution in [0.2, 0.25) is 0 Å². The number of hydrogen-bond acceptors (Lipinski definition) is 6. The lowest BCUT2D eigenvalue weighted by atomic mass is 10.1. The number of rotatable bonds is 3. The largest absolute Gasteiger partial charge is 0.506 e. The lowest BCUT2D eigenvalue weighted by Crippen LogP contribution is -2.52. The molecule has 114 valence electrons. The molecule has 21 heavy (non-hydrogen) atoms. The number of hydrogen-bond donors (Lipinski definition) is 3. The van der Waals surface area contributed by atoms with Crippen LogP contribution in [0.1, 0.15) is 12.8 Å². The predicted molar refractivity (Wildman–Crippen MR) is 73.6 cm³/mol. The van der Waals surface area contributed by atoms with E-state index < -0.39 is 22.0 Å². The zero-order chi connectivity index (χ0) is 15.8. The first-order valence-electron chi connectivity index (χ1n) is 6.13. The fourth-order valence-electron chi connectivity index (χ4n) is 1.98. The molecule has 0 aromatic heterocycles. The number of phenols is 1. The Morgan fingerprint density at radius 3 is 2.67 bits per heavy atom. The highest BCUT2D eigenvalue weighted by Crippen LogP contribution is 2.23. The van der Waals surface area contributed by atoms with E-state index in [4.69, 9.17) is 5.73 Å². The van der Waals surface area contributed by atoms with Crippen LogP contribution in [0.4, 0.5) is 5.69 Å². The summed E-state index contributed by atoms with van der Waals surface area (Å²) >= 11 is 0. The predicted octanol–water partition coefficient (Wildman–Crippen LogP) is -0.600. The lowest BCUT2D eigenvalue weighted by molar-refractivity contribution is -0.147. The average Bonchev–Trinajstić information content (AvgIpc) is 2.42. The first-order chi connectivity index (χ1) is 9.72. The van der Waals surface area contributed by atoms with Gasteiger partial charge in [-0.25, -0.2) is 8.42 Å². The molecule has 9 heteroatoms. The van der Waals surface area contributed by atoms with Crippen molar-refractivity contribution in [1.82, 2.24) is 9.62 Å². The summed E-state index contributed by atoms with van der Waals surface area (Å²) in [6.07, 6.45) is 0.196. The van der Waals surface area contributed by atoms with Crippen LogP contribution >= 0.6 is 0 Å². The second kappa shape index (κ2) is 5.34. The van der Waals surface area contributed by atoms with E-state index in [9.17, 15) is 23.1 Å². The van der Waals surface area contributed by atoms with Gasteiger partial charge in [0.25, 0.3) is 0 Å². The van der Waals surface area contributed by atoms with E-state index in [1.54, 1.807) is 0 Å². The number of amides is 2. The molecule has 1 heterocycles. The normalized spacial score (nSPS) is 19.9. The van der Waals surface area contributed by atoms with Crippen LogP contribution in [0.15, 0.2) is 23.1 Å². The number of phenolic OH excluding ortho intramolecular Hbond substituents is 1. The number of nitrogens with one attached hydrogen (secondary N) is 1. The van der Waals surface area contributed by atoms with Crippen molar-refractivity contribution < 1.29 is 23.1 Å². The van der Waals surface area contributed by atoms with E-state index in [0.717, 1.165) is 17.0 Å². The minimum Gasteiger partial charge on any atom is -0.506 e. The Morgan fingerprint density at radius 2 is 2.05 bits per heavy atom. The highest BCUT2D eigenvalue weighted by Gasteiger charge is 2.34. The van der Waals surface area contributed by atoms with Crippen molar-refractivity contribution in [2.45, 2.75) is 23.8 Å². The van der Waals surface area contributed by atoms with Crippen molar-refractivity contribution in [2.75, 3.05) is 12.8 Å². The number of nitrogens with zero attached hydrogens (tertiary/aromatic N) is 1. The molecule has 0 aliphatic carbocycles. The fourth-order valence-corrected chi connectivity index (χ4v) is 3.24. The van der Waals surface area contributed by atoms with Gasteiger partial charge in [-0.3, -0.25) is 14.5 Å². The summed E-state index contributed by atoms with van der Waals surface area (Å²) < 4.78 is 26.6. The Bertz CT molecular complexity index is 701. The molecular formula is C12H15N3O5S. The molecule has 1 aromatic rings. The van der Waals surface area contributed by atoms with Gasteiger partial charge >= 0.3 is 0 Å². The van der Waals surface area contributed by atoms with Crippen LogP contribution in [-0.4, -0.2) is 43.3 Å². The van der Waals surface area contributed by atoms with Crippen molar-refractivity contribution in [1.29, 1.82) is 0 Å². The molecule has 0 spiro atoms. The molecule has 1 aliphatic rings. The zero-order valence-electron chi connectivity index (χ0n) is 11.2. The maximum atomic E-state index is 12.2. The standard InChI is InChI=1S/C12H15N3O5S/c1-15-11(17)5-3-9(12(15)18)14-21(19,20)7-2-4-10(16)8(13)6-7/h2,4,6,9,14,16H,3,5,13H2,1H3. The van der Waals surface area contributed by atoms with Crippen LogP contribution in [0, 0.1) is 0 Å². The van der Waals surface area contributed by atoms with Crippen LogP contribution < -0.4 is 10.5 Å². The Morgan fingerprint density at radius 1 is 1.38 bits per heavy atom. The monoisotopic (exact) mass is 313 g/mol. The summed E-state index contributed by atoms with van der Waals surface area (Å²) in [5, 5.41) is 9.30. The third kappa shape index (κ3) is 2.98. The molecule has 0 saturated carbocycles. The molecule has 2 rings (SSSR count). The van der Waals surface area contributed by atoms with E-state index in [1.165, 1.54) is 13.1 Å². The average molecular weight is 313 g/mol. The van der Waals surface area contributed by atoms with Crippen molar-refractivity contribution in [2.24, 2.45) is 0 Å². The van der Waals surface area contributed by atoms with E-state index in [0.29, 0.717) is 0 Å².